The largest absolute Gasteiger partial charge is 0.336 e. The number of rotatable bonds is 4. The summed E-state index contributed by atoms with van der Waals surface area (Å²) in [6, 6.07) is 4.75. The number of carbonyl (C=O) groups is 1. The maximum atomic E-state index is 12.0. The van der Waals surface area contributed by atoms with Crippen molar-refractivity contribution in [1.82, 2.24) is 10.3 Å². The fourth-order valence-corrected chi connectivity index (χ4v) is 1.66. The zero-order chi connectivity index (χ0) is 13.7. The predicted molar refractivity (Wildman–Crippen MR) is 70.3 cm³/mol. The molecular formula is C13H16ClN3O. The standard InChI is InChI=1S/C13H16ClN3O/c1-4-10-5-9(6-12(14)16-10)13(18)17-11(7-15)8(2)3/h5-6,8,11H,4H2,1-3H3,(H,17,18). The number of nitriles is 1. The van der Waals surface area contributed by atoms with Crippen molar-refractivity contribution in [2.24, 2.45) is 5.92 Å². The average Bonchev–Trinajstić information content (AvgIpc) is 2.34. The monoisotopic (exact) mass is 265 g/mol. The molecule has 96 valence electrons. The molecule has 1 rings (SSSR count). The van der Waals surface area contributed by atoms with Crippen molar-refractivity contribution in [3.63, 3.8) is 0 Å². The van der Waals surface area contributed by atoms with Gasteiger partial charge in [0.1, 0.15) is 11.2 Å². The van der Waals surface area contributed by atoms with Crippen molar-refractivity contribution in [2.45, 2.75) is 33.2 Å². The minimum atomic E-state index is -0.505. The van der Waals surface area contributed by atoms with Gasteiger partial charge in [0.2, 0.25) is 0 Å². The fourth-order valence-electron chi connectivity index (χ4n) is 1.44. The summed E-state index contributed by atoms with van der Waals surface area (Å²) in [5, 5.41) is 11.9. The normalized spacial score (nSPS) is 12.0. The quantitative estimate of drug-likeness (QED) is 0.851. The van der Waals surface area contributed by atoms with Crippen LogP contribution >= 0.6 is 11.6 Å². The SMILES string of the molecule is CCc1cc(C(=O)NC(C#N)C(C)C)cc(Cl)n1. The molecule has 0 spiro atoms. The molecule has 1 aromatic rings. The van der Waals surface area contributed by atoms with Crippen LogP contribution in [0.2, 0.25) is 5.15 Å². The van der Waals surface area contributed by atoms with Crippen molar-refractivity contribution in [3.8, 4) is 6.07 Å². The lowest BCUT2D eigenvalue weighted by atomic mass is 10.1. The predicted octanol–water partition coefficient (Wildman–Crippen LogP) is 2.58. The van der Waals surface area contributed by atoms with Crippen molar-refractivity contribution >= 4 is 17.5 Å². The topological polar surface area (TPSA) is 65.8 Å². The molecule has 18 heavy (non-hydrogen) atoms. The number of hydrogen-bond donors (Lipinski definition) is 1. The lowest BCUT2D eigenvalue weighted by molar-refractivity contribution is 0.0937. The van der Waals surface area contributed by atoms with Crippen LogP contribution < -0.4 is 5.32 Å². The van der Waals surface area contributed by atoms with E-state index in [1.54, 1.807) is 6.07 Å². The van der Waals surface area contributed by atoms with E-state index in [2.05, 4.69) is 16.4 Å². The van der Waals surface area contributed by atoms with Gasteiger partial charge in [-0.15, -0.1) is 0 Å². The maximum Gasteiger partial charge on any atom is 0.252 e. The Labute approximate surface area is 112 Å². The van der Waals surface area contributed by atoms with Crippen molar-refractivity contribution in [3.05, 3.63) is 28.5 Å². The Morgan fingerprint density at radius 2 is 2.22 bits per heavy atom. The Kier molecular flexibility index (Phi) is 5.11. The first-order chi connectivity index (χ1) is 8.47. The third kappa shape index (κ3) is 3.71. The van der Waals surface area contributed by atoms with Crippen LogP contribution in [0.25, 0.3) is 0 Å². The molecule has 0 saturated carbocycles. The number of pyridine rings is 1. The zero-order valence-corrected chi connectivity index (χ0v) is 11.5. The van der Waals surface area contributed by atoms with Crippen LogP contribution in [0.5, 0.6) is 0 Å². The molecule has 0 aromatic carbocycles. The average molecular weight is 266 g/mol. The molecule has 1 atom stereocenters. The third-order valence-electron chi connectivity index (χ3n) is 2.56. The van der Waals surface area contributed by atoms with Gasteiger partial charge in [-0.3, -0.25) is 4.79 Å². The molecule has 0 aliphatic heterocycles. The smallest absolute Gasteiger partial charge is 0.252 e. The number of carbonyl (C=O) groups excluding carboxylic acids is 1. The molecule has 0 fully saturated rings. The van der Waals surface area contributed by atoms with Gasteiger partial charge in [0.25, 0.3) is 5.91 Å². The summed E-state index contributed by atoms with van der Waals surface area (Å²) in [5.74, 6) is -0.240. The number of nitrogens with zero attached hydrogens (tertiary/aromatic N) is 2. The highest BCUT2D eigenvalue weighted by Gasteiger charge is 2.17. The highest BCUT2D eigenvalue weighted by Crippen LogP contribution is 2.12. The summed E-state index contributed by atoms with van der Waals surface area (Å²) in [5.41, 5.74) is 1.19. The van der Waals surface area contributed by atoms with E-state index in [1.165, 1.54) is 6.07 Å². The Morgan fingerprint density at radius 3 is 2.72 bits per heavy atom. The van der Waals surface area contributed by atoms with Gasteiger partial charge < -0.3 is 5.32 Å². The lowest BCUT2D eigenvalue weighted by Gasteiger charge is -2.15. The summed E-state index contributed by atoms with van der Waals surface area (Å²) in [7, 11) is 0. The van der Waals surface area contributed by atoms with Crippen molar-refractivity contribution in [1.29, 1.82) is 5.26 Å². The van der Waals surface area contributed by atoms with E-state index in [0.717, 1.165) is 5.69 Å². The summed E-state index contributed by atoms with van der Waals surface area (Å²) in [4.78, 5) is 16.1. The maximum absolute atomic E-state index is 12.0. The second kappa shape index (κ2) is 6.36. The molecule has 0 aliphatic rings. The molecule has 0 bridgehead atoms. The molecular weight excluding hydrogens is 250 g/mol. The van der Waals surface area contributed by atoms with Crippen LogP contribution in [0.3, 0.4) is 0 Å². The molecule has 1 amide bonds. The second-order valence-electron chi connectivity index (χ2n) is 4.35. The van der Waals surface area contributed by atoms with Crippen LogP contribution in [0.15, 0.2) is 12.1 Å². The van der Waals surface area contributed by atoms with E-state index in [-0.39, 0.29) is 17.0 Å². The molecule has 1 N–H and O–H groups in total. The van der Waals surface area contributed by atoms with Gasteiger partial charge in [0.15, 0.2) is 0 Å². The molecule has 5 heteroatoms. The highest BCUT2D eigenvalue weighted by molar-refractivity contribution is 6.29. The summed E-state index contributed by atoms with van der Waals surface area (Å²) >= 11 is 5.85. The van der Waals surface area contributed by atoms with E-state index >= 15 is 0 Å². The summed E-state index contributed by atoms with van der Waals surface area (Å²) in [6.45, 7) is 5.70. The Balaban J connectivity index is 2.91. The number of aromatic nitrogens is 1. The van der Waals surface area contributed by atoms with Gasteiger partial charge in [-0.25, -0.2) is 4.98 Å². The number of nitrogens with one attached hydrogen (secondary N) is 1. The van der Waals surface area contributed by atoms with Gasteiger partial charge in [-0.1, -0.05) is 32.4 Å². The van der Waals surface area contributed by atoms with Gasteiger partial charge in [0, 0.05) is 11.3 Å². The minimum absolute atomic E-state index is 0.0573. The second-order valence-corrected chi connectivity index (χ2v) is 4.73. The Bertz CT molecular complexity index is 480. The van der Waals surface area contributed by atoms with Crippen LogP contribution in [-0.2, 0) is 6.42 Å². The highest BCUT2D eigenvalue weighted by atomic mass is 35.5. The van der Waals surface area contributed by atoms with Gasteiger partial charge in [-0.05, 0) is 24.5 Å². The number of amides is 1. The molecule has 1 unspecified atom stereocenters. The number of aryl methyl sites for hydroxylation is 1. The number of halogens is 1. The fraction of sp³-hybridized carbons (Fsp3) is 0.462. The van der Waals surface area contributed by atoms with E-state index in [4.69, 9.17) is 16.9 Å². The lowest BCUT2D eigenvalue weighted by Crippen LogP contribution is -2.37. The Morgan fingerprint density at radius 1 is 1.56 bits per heavy atom. The van der Waals surface area contributed by atoms with E-state index in [0.29, 0.717) is 12.0 Å². The molecule has 0 saturated heterocycles. The zero-order valence-electron chi connectivity index (χ0n) is 10.7. The van der Waals surface area contributed by atoms with Gasteiger partial charge in [0.05, 0.1) is 6.07 Å². The van der Waals surface area contributed by atoms with Crippen molar-refractivity contribution in [2.75, 3.05) is 0 Å². The summed E-state index contributed by atoms with van der Waals surface area (Å²) in [6.07, 6.45) is 0.701. The van der Waals surface area contributed by atoms with E-state index in [1.807, 2.05) is 20.8 Å². The van der Waals surface area contributed by atoms with E-state index in [9.17, 15) is 4.79 Å². The third-order valence-corrected chi connectivity index (χ3v) is 2.76. The first-order valence-electron chi connectivity index (χ1n) is 5.84. The van der Waals surface area contributed by atoms with Crippen LogP contribution in [0.1, 0.15) is 36.8 Å². The first-order valence-corrected chi connectivity index (χ1v) is 6.22. The van der Waals surface area contributed by atoms with Crippen molar-refractivity contribution < 1.29 is 4.79 Å². The molecule has 0 aliphatic carbocycles. The van der Waals surface area contributed by atoms with Gasteiger partial charge >= 0.3 is 0 Å². The van der Waals surface area contributed by atoms with Crippen LogP contribution in [0, 0.1) is 17.2 Å². The summed E-state index contributed by atoms with van der Waals surface area (Å²) < 4.78 is 0. The molecule has 1 heterocycles. The first kappa shape index (κ1) is 14.5. The molecule has 0 radical (unpaired) electrons. The minimum Gasteiger partial charge on any atom is -0.336 e. The number of hydrogen-bond acceptors (Lipinski definition) is 3. The van der Waals surface area contributed by atoms with Gasteiger partial charge in [-0.2, -0.15) is 5.26 Å². The van der Waals surface area contributed by atoms with Crippen LogP contribution in [0.4, 0.5) is 0 Å². The molecule has 1 aromatic heterocycles. The van der Waals surface area contributed by atoms with E-state index < -0.39 is 6.04 Å². The van der Waals surface area contributed by atoms with Crippen LogP contribution in [-0.4, -0.2) is 16.9 Å². The Hall–Kier alpha value is -1.60. The molecule has 4 nitrogen and oxygen atoms in total.